The zero-order valence-electron chi connectivity index (χ0n) is 25.8. The molecular weight excluding hydrogens is 567 g/mol. The van der Waals surface area contributed by atoms with E-state index in [-0.39, 0.29) is 0 Å². The van der Waals surface area contributed by atoms with Gasteiger partial charge >= 0.3 is 0 Å². The minimum Gasteiger partial charge on any atom is -0.310 e. The first-order valence-corrected chi connectivity index (χ1v) is 16.2. The number of nitrogens with zero attached hydrogens (tertiary/aromatic N) is 1. The first-order chi connectivity index (χ1) is 23.3. The van der Waals surface area contributed by atoms with Crippen LogP contribution in [0.4, 0.5) is 17.1 Å². The Bertz CT molecular complexity index is 2560. The topological polar surface area (TPSA) is 3.24 Å². The lowest BCUT2D eigenvalue weighted by atomic mass is 9.94. The second kappa shape index (κ2) is 11.3. The quantitative estimate of drug-likeness (QED) is 0.178. The van der Waals surface area contributed by atoms with Crippen molar-refractivity contribution in [3.63, 3.8) is 0 Å². The highest BCUT2D eigenvalue weighted by molar-refractivity contribution is 6.23. The van der Waals surface area contributed by atoms with Crippen molar-refractivity contribution >= 4 is 60.2 Å². The molecule has 0 unspecified atom stereocenters. The summed E-state index contributed by atoms with van der Waals surface area (Å²) in [5.74, 6) is 0. The molecule has 47 heavy (non-hydrogen) atoms. The minimum atomic E-state index is 1.12. The Hall–Kier alpha value is -6.18. The lowest BCUT2D eigenvalue weighted by Gasteiger charge is -2.28. The standard InChI is InChI=1S/C46H31N/c1-2-11-32(12-3-1)34-25-27-40(28-26-34)47(41-17-10-16-37(30-41)38-23-21-33-13-4-5-15-36(33)29-38)45-31-39-24-22-35-14-6-7-18-42(35)46(39)44-20-9-8-19-43(44)45/h1-31H. The van der Waals surface area contributed by atoms with Crippen molar-refractivity contribution < 1.29 is 0 Å². The molecule has 9 rings (SSSR count). The molecule has 0 aliphatic rings. The van der Waals surface area contributed by atoms with Gasteiger partial charge in [-0.05, 0) is 96.4 Å². The van der Waals surface area contributed by atoms with Crippen LogP contribution >= 0.6 is 0 Å². The second-order valence-electron chi connectivity index (χ2n) is 12.2. The van der Waals surface area contributed by atoms with Gasteiger partial charge in [0.05, 0.1) is 5.69 Å². The van der Waals surface area contributed by atoms with E-state index in [1.165, 1.54) is 65.3 Å². The summed E-state index contributed by atoms with van der Waals surface area (Å²) in [4.78, 5) is 2.43. The Morgan fingerprint density at radius 1 is 0.277 bits per heavy atom. The molecule has 9 aromatic rings. The summed E-state index contributed by atoms with van der Waals surface area (Å²) in [7, 11) is 0. The molecule has 0 spiro atoms. The van der Waals surface area contributed by atoms with E-state index < -0.39 is 0 Å². The first kappa shape index (κ1) is 27.2. The van der Waals surface area contributed by atoms with Gasteiger partial charge < -0.3 is 4.90 Å². The fourth-order valence-electron chi connectivity index (χ4n) is 7.10. The van der Waals surface area contributed by atoms with Crippen LogP contribution in [0.2, 0.25) is 0 Å². The number of anilines is 3. The van der Waals surface area contributed by atoms with E-state index in [2.05, 4.69) is 193 Å². The molecule has 0 heterocycles. The summed E-state index contributed by atoms with van der Waals surface area (Å²) in [6.07, 6.45) is 0. The highest BCUT2D eigenvalue weighted by Gasteiger charge is 2.19. The predicted octanol–water partition coefficient (Wildman–Crippen LogP) is 13.1. The average molecular weight is 598 g/mol. The van der Waals surface area contributed by atoms with Crippen LogP contribution < -0.4 is 4.90 Å². The molecule has 220 valence electrons. The molecule has 0 atom stereocenters. The average Bonchev–Trinajstić information content (AvgIpc) is 3.15. The molecule has 0 amide bonds. The van der Waals surface area contributed by atoms with Crippen LogP contribution in [-0.2, 0) is 0 Å². The maximum Gasteiger partial charge on any atom is 0.0546 e. The van der Waals surface area contributed by atoms with Gasteiger partial charge in [-0.1, -0.05) is 152 Å². The third kappa shape index (κ3) is 4.81. The summed E-state index contributed by atoms with van der Waals surface area (Å²) >= 11 is 0. The van der Waals surface area contributed by atoms with E-state index >= 15 is 0 Å². The van der Waals surface area contributed by atoms with Crippen LogP contribution in [0.15, 0.2) is 188 Å². The number of rotatable bonds is 5. The second-order valence-corrected chi connectivity index (χ2v) is 12.2. The monoisotopic (exact) mass is 597 g/mol. The first-order valence-electron chi connectivity index (χ1n) is 16.2. The third-order valence-corrected chi connectivity index (χ3v) is 9.39. The molecule has 0 saturated heterocycles. The van der Waals surface area contributed by atoms with Crippen molar-refractivity contribution in [2.75, 3.05) is 4.90 Å². The van der Waals surface area contributed by atoms with Gasteiger partial charge in [0.15, 0.2) is 0 Å². The maximum atomic E-state index is 2.43. The Kier molecular flexibility index (Phi) is 6.54. The van der Waals surface area contributed by atoms with E-state index in [0.29, 0.717) is 0 Å². The van der Waals surface area contributed by atoms with E-state index in [1.807, 2.05) is 0 Å². The van der Waals surface area contributed by atoms with E-state index in [9.17, 15) is 0 Å². The summed E-state index contributed by atoms with van der Waals surface area (Å²) in [6.45, 7) is 0. The van der Waals surface area contributed by atoms with Gasteiger partial charge in [0.2, 0.25) is 0 Å². The molecule has 0 aromatic heterocycles. The van der Waals surface area contributed by atoms with Crippen LogP contribution in [0.1, 0.15) is 0 Å². The van der Waals surface area contributed by atoms with Gasteiger partial charge in [0.25, 0.3) is 0 Å². The van der Waals surface area contributed by atoms with Crippen molar-refractivity contribution in [1.82, 2.24) is 0 Å². The van der Waals surface area contributed by atoms with Crippen LogP contribution in [0.25, 0.3) is 65.3 Å². The van der Waals surface area contributed by atoms with Crippen molar-refractivity contribution in [1.29, 1.82) is 0 Å². The number of benzene rings is 9. The number of hydrogen-bond acceptors (Lipinski definition) is 1. The predicted molar refractivity (Wildman–Crippen MR) is 202 cm³/mol. The smallest absolute Gasteiger partial charge is 0.0546 e. The summed E-state index contributed by atoms with van der Waals surface area (Å²) in [5, 5.41) is 10.0. The van der Waals surface area contributed by atoms with Gasteiger partial charge in [-0.3, -0.25) is 0 Å². The molecule has 0 N–H and O–H groups in total. The SMILES string of the molecule is c1ccc(-c2ccc(N(c3cccc(-c4ccc5ccccc5c4)c3)c3cc4ccc5ccccc5c4c4ccccc34)cc2)cc1. The van der Waals surface area contributed by atoms with E-state index in [0.717, 1.165) is 17.1 Å². The molecule has 9 aromatic carbocycles. The zero-order valence-corrected chi connectivity index (χ0v) is 25.8. The van der Waals surface area contributed by atoms with Crippen LogP contribution in [-0.4, -0.2) is 0 Å². The number of hydrogen-bond donors (Lipinski definition) is 0. The van der Waals surface area contributed by atoms with Gasteiger partial charge in [0, 0.05) is 16.8 Å². The summed E-state index contributed by atoms with van der Waals surface area (Å²) in [6, 6.07) is 68.3. The highest BCUT2D eigenvalue weighted by Crippen LogP contribution is 2.44. The van der Waals surface area contributed by atoms with Gasteiger partial charge in [-0.2, -0.15) is 0 Å². The van der Waals surface area contributed by atoms with Crippen molar-refractivity contribution in [2.45, 2.75) is 0 Å². The summed E-state index contributed by atoms with van der Waals surface area (Å²) in [5.41, 5.74) is 8.21. The van der Waals surface area contributed by atoms with Crippen molar-refractivity contribution in [2.24, 2.45) is 0 Å². The molecule has 1 nitrogen and oxygen atoms in total. The third-order valence-electron chi connectivity index (χ3n) is 9.39. The molecule has 1 heteroatoms. The van der Waals surface area contributed by atoms with Crippen LogP contribution in [0.3, 0.4) is 0 Å². The molecular formula is C46H31N. The van der Waals surface area contributed by atoms with Gasteiger partial charge in [-0.25, -0.2) is 0 Å². The summed E-state index contributed by atoms with van der Waals surface area (Å²) < 4.78 is 0. The molecule has 0 bridgehead atoms. The number of fused-ring (bicyclic) bond motifs is 6. The Morgan fingerprint density at radius 2 is 0.851 bits per heavy atom. The van der Waals surface area contributed by atoms with Crippen molar-refractivity contribution in [3.05, 3.63) is 188 Å². The van der Waals surface area contributed by atoms with E-state index in [1.54, 1.807) is 0 Å². The van der Waals surface area contributed by atoms with Crippen LogP contribution in [0.5, 0.6) is 0 Å². The van der Waals surface area contributed by atoms with Crippen LogP contribution in [0, 0.1) is 0 Å². The van der Waals surface area contributed by atoms with Gasteiger partial charge in [-0.15, -0.1) is 0 Å². The maximum absolute atomic E-state index is 2.43. The Balaban J connectivity index is 1.28. The lowest BCUT2D eigenvalue weighted by molar-refractivity contribution is 1.30. The molecule has 0 aliphatic carbocycles. The lowest BCUT2D eigenvalue weighted by Crippen LogP contribution is -2.11. The fraction of sp³-hybridized carbons (Fsp3) is 0. The molecule has 0 aliphatic heterocycles. The van der Waals surface area contributed by atoms with Crippen molar-refractivity contribution in [3.8, 4) is 22.3 Å². The van der Waals surface area contributed by atoms with E-state index in [4.69, 9.17) is 0 Å². The Morgan fingerprint density at radius 3 is 1.68 bits per heavy atom. The normalized spacial score (nSPS) is 11.4. The zero-order chi connectivity index (χ0) is 31.2. The Labute approximate surface area is 274 Å². The fourth-order valence-corrected chi connectivity index (χ4v) is 7.10. The molecule has 0 saturated carbocycles. The highest BCUT2D eigenvalue weighted by atomic mass is 15.1. The molecule has 0 radical (unpaired) electrons. The largest absolute Gasteiger partial charge is 0.310 e. The minimum absolute atomic E-state index is 1.12. The van der Waals surface area contributed by atoms with Gasteiger partial charge in [0.1, 0.15) is 0 Å². The molecule has 0 fully saturated rings.